The van der Waals surface area contributed by atoms with Crippen molar-refractivity contribution in [3.8, 4) is 0 Å². The predicted octanol–water partition coefficient (Wildman–Crippen LogP) is 1.71. The number of aryl methyl sites for hydroxylation is 1. The summed E-state index contributed by atoms with van der Waals surface area (Å²) in [4.78, 5) is 0. The fraction of sp³-hybridized carbons (Fsp3) is 0.200. The van der Waals surface area contributed by atoms with Gasteiger partial charge in [0, 0.05) is 0 Å². The topological polar surface area (TPSA) is 4.93 Å². The van der Waals surface area contributed by atoms with Crippen LogP contribution >= 0.6 is 19.8 Å². The van der Waals surface area contributed by atoms with Gasteiger partial charge >= 0.3 is 34.5 Å². The van der Waals surface area contributed by atoms with Gasteiger partial charge in [0.15, 0.2) is 0 Å². The Kier molecular flexibility index (Phi) is 6.22. The van der Waals surface area contributed by atoms with Gasteiger partial charge in [-0.3, -0.25) is 0 Å². The van der Waals surface area contributed by atoms with Gasteiger partial charge in [0.25, 0.3) is 0 Å². The van der Waals surface area contributed by atoms with E-state index < -0.39 is 0 Å². The summed E-state index contributed by atoms with van der Waals surface area (Å²) in [6.45, 7) is 0. The molecule has 0 saturated heterocycles. The Morgan fingerprint density at radius 3 is 2.38 bits per heavy atom. The van der Waals surface area contributed by atoms with Gasteiger partial charge in [0.2, 0.25) is 0 Å². The molecule has 0 spiro atoms. The summed E-state index contributed by atoms with van der Waals surface area (Å²) in [6.07, 6.45) is 4.86. The maximum atomic E-state index is 2.92. The summed E-state index contributed by atoms with van der Waals surface area (Å²) < 4.78 is 1.88. The summed E-state index contributed by atoms with van der Waals surface area (Å²) in [5.41, 5.74) is 0. The average Bonchev–Trinajstić information content (AvgIpc) is 2.24. The van der Waals surface area contributed by atoms with Crippen molar-refractivity contribution >= 4 is 19.8 Å². The number of hydrogen-bond acceptors (Lipinski definition) is 0. The number of nitrogens with zero attached hydrogens (tertiary/aromatic N) is 1. The van der Waals surface area contributed by atoms with E-state index >= 15 is 0 Å². The first kappa shape index (κ1) is 8.63. The third-order valence-electron chi connectivity index (χ3n) is 0.684. The van der Waals surface area contributed by atoms with Crippen LogP contribution < -0.4 is 0 Å². The molecule has 1 nitrogen and oxygen atoms in total. The molecule has 1 aromatic heterocycles. The second-order valence-corrected chi connectivity index (χ2v) is 1.25. The molecule has 0 amide bonds. The van der Waals surface area contributed by atoms with Crippen molar-refractivity contribution in [3.63, 3.8) is 0 Å². The minimum absolute atomic E-state index is 1.34. The Labute approximate surface area is 70.3 Å². The van der Waals surface area contributed by atoms with Gasteiger partial charge in [-0.2, -0.15) is 12.1 Å². The van der Waals surface area contributed by atoms with Crippen molar-refractivity contribution in [1.29, 1.82) is 0 Å². The van der Waals surface area contributed by atoms with E-state index in [9.17, 15) is 0 Å². The Morgan fingerprint density at radius 2 is 2.25 bits per heavy atom. The zero-order valence-electron chi connectivity index (χ0n) is 4.76. The van der Waals surface area contributed by atoms with Crippen LogP contribution in [0.1, 0.15) is 0 Å². The molecule has 1 aromatic rings. The molecule has 40 valence electrons. The van der Waals surface area contributed by atoms with Gasteiger partial charge in [0.05, 0.1) is 0 Å². The first-order valence-corrected chi connectivity index (χ1v) is 11.2. The van der Waals surface area contributed by atoms with Crippen LogP contribution in [0, 0.1) is 6.20 Å². The summed E-state index contributed by atoms with van der Waals surface area (Å²) in [7, 11) is 1.94. The molecule has 0 unspecified atom stereocenters. The summed E-state index contributed by atoms with van der Waals surface area (Å²) in [5.74, 6) is 0. The molecule has 0 aliphatic carbocycles. The van der Waals surface area contributed by atoms with Crippen LogP contribution in [-0.4, -0.2) is 4.57 Å². The van der Waals surface area contributed by atoms with Crippen molar-refractivity contribution in [3.05, 3.63) is 24.5 Å². The van der Waals surface area contributed by atoms with Crippen molar-refractivity contribution in [1.82, 2.24) is 4.57 Å². The molecule has 0 saturated carbocycles. The van der Waals surface area contributed by atoms with Gasteiger partial charge in [-0.15, -0.1) is 12.4 Å². The van der Waals surface area contributed by atoms with Gasteiger partial charge in [-0.25, -0.2) is 0 Å². The van der Waals surface area contributed by atoms with E-state index in [1.54, 1.807) is 0 Å². The molecule has 0 aliphatic heterocycles. The zero-order valence-corrected chi connectivity index (χ0v) is 9.89. The van der Waals surface area contributed by atoms with Crippen LogP contribution in [0.15, 0.2) is 18.3 Å². The normalized spacial score (nSPS) is 7.50. The molecule has 8 heavy (non-hydrogen) atoms. The molecule has 0 atom stereocenters. The Morgan fingerprint density at radius 1 is 1.62 bits per heavy atom. The van der Waals surface area contributed by atoms with E-state index in [2.05, 4.69) is 25.9 Å². The summed E-state index contributed by atoms with van der Waals surface area (Å²) in [6, 6.07) is 3.82. The van der Waals surface area contributed by atoms with E-state index in [0.717, 1.165) is 0 Å². The van der Waals surface area contributed by atoms with Gasteiger partial charge in [0.1, 0.15) is 0 Å². The van der Waals surface area contributed by atoms with Crippen LogP contribution in [0.25, 0.3) is 0 Å². The van der Waals surface area contributed by atoms with Crippen molar-refractivity contribution < 1.29 is 14.8 Å². The molecule has 0 bridgehead atoms. The molecule has 0 aliphatic rings. The SMILES string of the molecule is Cn1[c-]ccc1.[Zn+][I]. The third-order valence-corrected chi connectivity index (χ3v) is 0.684. The van der Waals surface area contributed by atoms with E-state index in [1.807, 2.05) is 29.9 Å². The molecule has 0 aromatic carbocycles. The van der Waals surface area contributed by atoms with Crippen LogP contribution in [0.5, 0.6) is 0 Å². The zero-order chi connectivity index (χ0) is 6.41. The van der Waals surface area contributed by atoms with Crippen molar-refractivity contribution in [2.24, 2.45) is 7.05 Å². The molecule has 1 rings (SSSR count). The molecule has 1 heterocycles. The first-order valence-electron chi connectivity index (χ1n) is 2.15. The fourth-order valence-corrected chi connectivity index (χ4v) is 0.376. The van der Waals surface area contributed by atoms with Crippen LogP contribution in [0.4, 0.5) is 0 Å². The van der Waals surface area contributed by atoms with E-state index in [1.165, 1.54) is 14.8 Å². The Bertz CT molecular complexity index is 116. The predicted molar refractivity (Wildman–Crippen MR) is 38.3 cm³/mol. The van der Waals surface area contributed by atoms with Gasteiger partial charge in [-0.1, -0.05) is 0 Å². The molecule has 0 N–H and O–H groups in total. The van der Waals surface area contributed by atoms with Crippen LogP contribution in [0.3, 0.4) is 0 Å². The molecule has 3 heteroatoms. The summed E-state index contributed by atoms with van der Waals surface area (Å²) >= 11 is 3.62. The number of aromatic nitrogens is 1. The Hall–Kier alpha value is 0.633. The van der Waals surface area contributed by atoms with Crippen LogP contribution in [0.2, 0.25) is 0 Å². The van der Waals surface area contributed by atoms with Crippen molar-refractivity contribution in [2.75, 3.05) is 0 Å². The Balaban J connectivity index is 0.000000222. The standard InChI is InChI=1S/C5H6N.HI.Zn/c1-6-4-2-3-5-6;;/h2-4H,1H3;1H;/q-1;;+2/p-1. The van der Waals surface area contributed by atoms with E-state index in [-0.39, 0.29) is 0 Å². The third kappa shape index (κ3) is 3.61. The summed E-state index contributed by atoms with van der Waals surface area (Å²) in [5, 5.41) is 0. The van der Waals surface area contributed by atoms with E-state index in [4.69, 9.17) is 0 Å². The molecular formula is C5H6INZn. The van der Waals surface area contributed by atoms with E-state index in [0.29, 0.717) is 0 Å². The first-order chi connectivity index (χ1) is 3.89. The quantitative estimate of drug-likeness (QED) is 0.385. The van der Waals surface area contributed by atoms with Gasteiger partial charge in [-0.05, 0) is 7.05 Å². The molecular weight excluding hydrogens is 266 g/mol. The number of hydrogen-bond donors (Lipinski definition) is 0. The molecule has 0 radical (unpaired) electrons. The second-order valence-electron chi connectivity index (χ2n) is 1.25. The monoisotopic (exact) mass is 271 g/mol. The number of halogens is 1. The number of rotatable bonds is 0. The van der Waals surface area contributed by atoms with Gasteiger partial charge < -0.3 is 4.57 Å². The fourth-order valence-electron chi connectivity index (χ4n) is 0.376. The molecule has 0 fully saturated rings. The van der Waals surface area contributed by atoms with Crippen LogP contribution in [-0.2, 0) is 21.8 Å². The maximum absolute atomic E-state index is 2.92. The van der Waals surface area contributed by atoms with Crippen molar-refractivity contribution in [2.45, 2.75) is 0 Å². The minimum atomic E-state index is 1.34. The second kappa shape index (κ2) is 5.76. The average molecular weight is 272 g/mol.